The van der Waals surface area contributed by atoms with E-state index in [4.69, 9.17) is 5.73 Å². The van der Waals surface area contributed by atoms with Gasteiger partial charge in [-0.2, -0.15) is 10.4 Å². The van der Waals surface area contributed by atoms with Crippen LogP contribution < -0.4 is 16.4 Å². The van der Waals surface area contributed by atoms with Gasteiger partial charge < -0.3 is 16.4 Å². The molecule has 1 saturated carbocycles. The third kappa shape index (κ3) is 5.65. The van der Waals surface area contributed by atoms with E-state index in [1.54, 1.807) is 35.9 Å². The molecule has 4 aromatic rings. The molecule has 0 radical (unpaired) electrons. The second-order valence-electron chi connectivity index (χ2n) is 9.67. The van der Waals surface area contributed by atoms with Gasteiger partial charge in [0.25, 0.3) is 5.91 Å². The van der Waals surface area contributed by atoms with Crippen LogP contribution in [0.1, 0.15) is 57.3 Å². The first-order valence-electron chi connectivity index (χ1n) is 12.7. The number of halogens is 1. The van der Waals surface area contributed by atoms with Crippen molar-refractivity contribution in [2.45, 2.75) is 32.4 Å². The number of nitrogens with zero attached hydrogens (tertiary/aromatic N) is 3. The number of benzene rings is 3. The van der Waals surface area contributed by atoms with E-state index in [-0.39, 0.29) is 17.4 Å². The first kappa shape index (κ1) is 25.3. The van der Waals surface area contributed by atoms with Crippen molar-refractivity contribution in [3.8, 4) is 11.8 Å². The molecule has 4 N–H and O–H groups in total. The number of nitrogens with one attached hydrogen (secondary N) is 2. The van der Waals surface area contributed by atoms with Gasteiger partial charge in [-0.15, -0.1) is 0 Å². The summed E-state index contributed by atoms with van der Waals surface area (Å²) in [4.78, 5) is 13.4. The molecule has 3 aromatic carbocycles. The van der Waals surface area contributed by atoms with E-state index in [9.17, 15) is 14.4 Å². The number of hydrogen-bond acceptors (Lipinski definition) is 5. The first-order chi connectivity index (χ1) is 18.4. The SMILES string of the molecule is Cc1cc(C(=O)Nc2cc([C@H](NCC3CC3)c3cccc(C#N)c3)ccc2F)n(-c2cccc(CN)c2)n1. The Morgan fingerprint density at radius 1 is 1.13 bits per heavy atom. The van der Waals surface area contributed by atoms with Crippen LogP contribution in [0.25, 0.3) is 5.69 Å². The van der Waals surface area contributed by atoms with Gasteiger partial charge in [0, 0.05) is 6.54 Å². The van der Waals surface area contributed by atoms with Gasteiger partial charge >= 0.3 is 0 Å². The van der Waals surface area contributed by atoms with Crippen molar-refractivity contribution in [1.82, 2.24) is 15.1 Å². The third-order valence-electron chi connectivity index (χ3n) is 6.68. The van der Waals surface area contributed by atoms with Gasteiger partial charge in [-0.1, -0.05) is 30.3 Å². The maximum absolute atomic E-state index is 15.0. The van der Waals surface area contributed by atoms with Crippen molar-refractivity contribution in [2.24, 2.45) is 11.7 Å². The first-order valence-corrected chi connectivity index (χ1v) is 12.7. The molecule has 5 rings (SSSR count). The third-order valence-corrected chi connectivity index (χ3v) is 6.68. The lowest BCUT2D eigenvalue weighted by atomic mass is 9.96. The zero-order valence-electron chi connectivity index (χ0n) is 21.1. The molecule has 7 nitrogen and oxygen atoms in total. The van der Waals surface area contributed by atoms with Crippen LogP contribution >= 0.6 is 0 Å². The summed E-state index contributed by atoms with van der Waals surface area (Å²) in [6.45, 7) is 2.98. The Morgan fingerprint density at radius 2 is 1.92 bits per heavy atom. The summed E-state index contributed by atoms with van der Waals surface area (Å²) < 4.78 is 16.5. The Balaban J connectivity index is 1.45. The molecule has 0 saturated heterocycles. The zero-order chi connectivity index (χ0) is 26.6. The van der Waals surface area contributed by atoms with E-state index in [0.717, 1.165) is 23.2 Å². The molecule has 0 aliphatic heterocycles. The van der Waals surface area contributed by atoms with Crippen LogP contribution in [0.2, 0.25) is 0 Å². The van der Waals surface area contributed by atoms with Crippen LogP contribution in [0.15, 0.2) is 72.8 Å². The number of rotatable bonds is 9. The second kappa shape index (κ2) is 11.0. The maximum Gasteiger partial charge on any atom is 0.274 e. The van der Waals surface area contributed by atoms with Crippen molar-refractivity contribution >= 4 is 11.6 Å². The van der Waals surface area contributed by atoms with Gasteiger partial charge in [-0.25, -0.2) is 9.07 Å². The summed E-state index contributed by atoms with van der Waals surface area (Å²) in [5.74, 6) is -0.395. The highest BCUT2D eigenvalue weighted by Gasteiger charge is 2.25. The van der Waals surface area contributed by atoms with Gasteiger partial charge in [0.1, 0.15) is 11.5 Å². The molecule has 8 heteroatoms. The minimum absolute atomic E-state index is 0.0725. The molecule has 192 valence electrons. The predicted molar refractivity (Wildman–Crippen MR) is 144 cm³/mol. The summed E-state index contributed by atoms with van der Waals surface area (Å²) in [5.41, 5.74) is 10.7. The van der Waals surface area contributed by atoms with E-state index in [0.29, 0.717) is 29.4 Å². The molecule has 1 atom stereocenters. The lowest BCUT2D eigenvalue weighted by Gasteiger charge is -2.21. The quantitative estimate of drug-likeness (QED) is 0.295. The van der Waals surface area contributed by atoms with E-state index in [1.807, 2.05) is 42.5 Å². The van der Waals surface area contributed by atoms with E-state index >= 15 is 0 Å². The number of anilines is 1. The van der Waals surface area contributed by atoms with E-state index < -0.39 is 11.7 Å². The lowest BCUT2D eigenvalue weighted by molar-refractivity contribution is 0.101. The number of hydrogen-bond donors (Lipinski definition) is 3. The van der Waals surface area contributed by atoms with Crippen LogP contribution in [0.5, 0.6) is 0 Å². The predicted octanol–water partition coefficient (Wildman–Crippen LogP) is 4.99. The average molecular weight is 509 g/mol. The highest BCUT2D eigenvalue weighted by molar-refractivity contribution is 6.03. The highest BCUT2D eigenvalue weighted by atomic mass is 19.1. The minimum atomic E-state index is -0.540. The summed E-state index contributed by atoms with van der Waals surface area (Å²) in [6, 6.07) is 23.2. The van der Waals surface area contributed by atoms with Crippen molar-refractivity contribution in [2.75, 3.05) is 11.9 Å². The smallest absolute Gasteiger partial charge is 0.274 e. The molecular weight excluding hydrogens is 479 g/mol. The average Bonchev–Trinajstić information content (AvgIpc) is 3.69. The number of carbonyl (C=O) groups excluding carboxylic acids is 1. The summed E-state index contributed by atoms with van der Waals surface area (Å²) in [6.07, 6.45) is 2.37. The van der Waals surface area contributed by atoms with Crippen LogP contribution in [0.3, 0.4) is 0 Å². The molecule has 1 fully saturated rings. The number of amides is 1. The number of aryl methyl sites for hydroxylation is 1. The number of carbonyl (C=O) groups is 1. The Kier molecular flexibility index (Phi) is 7.31. The minimum Gasteiger partial charge on any atom is -0.326 e. The van der Waals surface area contributed by atoms with Crippen molar-refractivity contribution in [3.63, 3.8) is 0 Å². The Bertz CT molecular complexity index is 1520. The molecule has 1 aliphatic rings. The summed E-state index contributed by atoms with van der Waals surface area (Å²) in [5, 5.41) is 20.2. The molecular formula is C30H29FN6O. The molecule has 1 aromatic heterocycles. The van der Waals surface area contributed by atoms with Gasteiger partial charge in [-0.3, -0.25) is 4.79 Å². The van der Waals surface area contributed by atoms with Gasteiger partial charge in [0.05, 0.1) is 34.7 Å². The normalized spacial score (nSPS) is 13.6. The van der Waals surface area contributed by atoms with Gasteiger partial charge in [0.15, 0.2) is 0 Å². The molecule has 1 aliphatic carbocycles. The Hall–Kier alpha value is -4.32. The van der Waals surface area contributed by atoms with Crippen LogP contribution in [-0.4, -0.2) is 22.2 Å². The zero-order valence-corrected chi connectivity index (χ0v) is 21.1. The van der Waals surface area contributed by atoms with Crippen molar-refractivity contribution < 1.29 is 9.18 Å². The van der Waals surface area contributed by atoms with Crippen LogP contribution in [-0.2, 0) is 6.54 Å². The van der Waals surface area contributed by atoms with E-state index in [2.05, 4.69) is 21.8 Å². The molecule has 1 amide bonds. The van der Waals surface area contributed by atoms with Crippen molar-refractivity contribution in [1.29, 1.82) is 5.26 Å². The fourth-order valence-electron chi connectivity index (χ4n) is 4.50. The van der Waals surface area contributed by atoms with Crippen molar-refractivity contribution in [3.05, 3.63) is 112 Å². The molecule has 0 bridgehead atoms. The summed E-state index contributed by atoms with van der Waals surface area (Å²) >= 11 is 0. The monoisotopic (exact) mass is 508 g/mol. The van der Waals surface area contributed by atoms with Crippen LogP contribution in [0, 0.1) is 30.0 Å². The standard InChI is InChI=1S/C30H29FN6O/c1-19-12-28(37(36-19)25-7-3-5-22(14-25)17-33)30(38)35-27-15-24(10-11-26(27)31)29(34-18-20-8-9-20)23-6-2-4-21(13-23)16-32/h2-7,10-15,20,29,34H,8-9,17-18,33H2,1H3,(H,35,38)/t29-/m1/s1. The number of nitrogens with two attached hydrogens (primary N) is 1. The number of nitriles is 1. The molecule has 0 unspecified atom stereocenters. The Morgan fingerprint density at radius 3 is 2.68 bits per heavy atom. The number of aromatic nitrogens is 2. The van der Waals surface area contributed by atoms with E-state index in [1.165, 1.54) is 18.9 Å². The second-order valence-corrected chi connectivity index (χ2v) is 9.67. The summed E-state index contributed by atoms with van der Waals surface area (Å²) in [7, 11) is 0. The van der Waals surface area contributed by atoms with Gasteiger partial charge in [0.2, 0.25) is 0 Å². The molecule has 0 spiro atoms. The fourth-order valence-corrected chi connectivity index (χ4v) is 4.50. The van der Waals surface area contributed by atoms with Gasteiger partial charge in [-0.05, 0) is 91.4 Å². The lowest BCUT2D eigenvalue weighted by Crippen LogP contribution is -2.25. The topological polar surface area (TPSA) is 109 Å². The molecule has 1 heterocycles. The van der Waals surface area contributed by atoms with Crippen LogP contribution in [0.4, 0.5) is 10.1 Å². The molecule has 38 heavy (non-hydrogen) atoms. The largest absolute Gasteiger partial charge is 0.326 e. The maximum atomic E-state index is 15.0. The Labute approximate surface area is 221 Å². The fraction of sp³-hybridized carbons (Fsp3) is 0.233. The highest BCUT2D eigenvalue weighted by Crippen LogP contribution is 2.31.